The zero-order chi connectivity index (χ0) is 23.7. The van der Waals surface area contributed by atoms with Gasteiger partial charge in [0.15, 0.2) is 0 Å². The first-order valence-corrected chi connectivity index (χ1v) is 10.8. The molecule has 0 saturated carbocycles. The Morgan fingerprint density at radius 2 is 1.82 bits per heavy atom. The number of para-hydroxylation sites is 2. The van der Waals surface area contributed by atoms with Crippen LogP contribution in [0.1, 0.15) is 29.7 Å². The number of Topliss-reactive ketones (excluding diaryl/α,β-unsaturated/α-hetero) is 1. The van der Waals surface area contributed by atoms with Crippen LogP contribution in [0.4, 0.5) is 5.69 Å². The first-order chi connectivity index (χ1) is 15.8. The van der Waals surface area contributed by atoms with Crippen molar-refractivity contribution in [2.75, 3.05) is 11.5 Å². The number of hydrogen-bond acceptors (Lipinski definition) is 5. The van der Waals surface area contributed by atoms with E-state index < -0.39 is 17.7 Å². The molecule has 1 amide bonds. The minimum absolute atomic E-state index is 0.0846. The molecule has 1 saturated heterocycles. The van der Waals surface area contributed by atoms with Crippen LogP contribution in [-0.4, -0.2) is 28.5 Å². The Morgan fingerprint density at radius 3 is 2.52 bits per heavy atom. The fourth-order valence-corrected chi connectivity index (χ4v) is 4.15. The molecule has 0 bridgehead atoms. The van der Waals surface area contributed by atoms with Gasteiger partial charge in [-0.2, -0.15) is 0 Å². The number of nitrogens with zero attached hydrogens (tertiary/aromatic N) is 1. The van der Waals surface area contributed by atoms with Gasteiger partial charge in [-0.15, -0.1) is 0 Å². The largest absolute Gasteiger partial charge is 0.507 e. The minimum Gasteiger partial charge on any atom is -0.507 e. The highest BCUT2D eigenvalue weighted by molar-refractivity contribution is 6.52. The number of anilines is 1. The van der Waals surface area contributed by atoms with Crippen molar-refractivity contribution in [1.82, 2.24) is 0 Å². The third-order valence-electron chi connectivity index (χ3n) is 5.45. The Hall–Kier alpha value is -3.77. The van der Waals surface area contributed by atoms with E-state index in [1.807, 2.05) is 25.1 Å². The number of phenols is 1. The quantitative estimate of drug-likeness (QED) is 0.301. The molecular formula is C26H22ClNO5. The fourth-order valence-electron chi connectivity index (χ4n) is 3.98. The molecule has 0 aliphatic carbocycles. The Kier molecular flexibility index (Phi) is 6.11. The van der Waals surface area contributed by atoms with Gasteiger partial charge >= 0.3 is 0 Å². The highest BCUT2D eigenvalue weighted by atomic mass is 35.5. The van der Waals surface area contributed by atoms with Gasteiger partial charge in [-0.3, -0.25) is 14.5 Å². The number of phenolic OH excluding ortho intramolecular Hbond substituents is 1. The standard InChI is InChI=1S/C26H22ClNO5/c1-3-33-21-14-17(11-12-18(21)27)24(30)22-23(16-8-6-7-15(2)13-16)28(26(32)25(22)31)19-9-4-5-10-20(19)29/h4-14,23,29-30H,3H2,1-2H3/b24-22-. The zero-order valence-electron chi connectivity index (χ0n) is 18.1. The number of aromatic hydroxyl groups is 1. The van der Waals surface area contributed by atoms with Crippen molar-refractivity contribution in [2.45, 2.75) is 19.9 Å². The van der Waals surface area contributed by atoms with Crippen molar-refractivity contribution in [1.29, 1.82) is 0 Å². The molecular weight excluding hydrogens is 442 g/mol. The van der Waals surface area contributed by atoms with Crippen LogP contribution in [0, 0.1) is 6.92 Å². The average molecular weight is 464 g/mol. The van der Waals surface area contributed by atoms with E-state index in [4.69, 9.17) is 16.3 Å². The third-order valence-corrected chi connectivity index (χ3v) is 5.76. The lowest BCUT2D eigenvalue weighted by molar-refractivity contribution is -0.132. The normalized spacial score (nSPS) is 17.4. The number of carbonyl (C=O) groups excluding carboxylic acids is 2. The van der Waals surface area contributed by atoms with Crippen molar-refractivity contribution in [3.05, 3.63) is 94.0 Å². The van der Waals surface area contributed by atoms with E-state index in [2.05, 4.69) is 0 Å². The number of hydrogen-bond donors (Lipinski definition) is 2. The van der Waals surface area contributed by atoms with Gasteiger partial charge in [0, 0.05) is 5.56 Å². The van der Waals surface area contributed by atoms with Gasteiger partial charge in [0.05, 0.1) is 28.9 Å². The lowest BCUT2D eigenvalue weighted by atomic mass is 9.94. The summed E-state index contributed by atoms with van der Waals surface area (Å²) in [6.45, 7) is 4.06. The zero-order valence-corrected chi connectivity index (χ0v) is 18.8. The van der Waals surface area contributed by atoms with Crippen molar-refractivity contribution in [3.63, 3.8) is 0 Å². The molecule has 3 aromatic rings. The fraction of sp³-hybridized carbons (Fsp3) is 0.154. The molecule has 1 aliphatic heterocycles. The Morgan fingerprint density at radius 1 is 1.06 bits per heavy atom. The molecule has 1 aliphatic rings. The van der Waals surface area contributed by atoms with Crippen LogP contribution in [0.3, 0.4) is 0 Å². The van der Waals surface area contributed by atoms with E-state index in [-0.39, 0.29) is 28.3 Å². The first-order valence-electron chi connectivity index (χ1n) is 10.4. The van der Waals surface area contributed by atoms with Gasteiger partial charge in [-0.05, 0) is 49.7 Å². The summed E-state index contributed by atoms with van der Waals surface area (Å²) in [5, 5.41) is 22.1. The predicted octanol–water partition coefficient (Wildman–Crippen LogP) is 5.38. The molecule has 4 rings (SSSR count). The van der Waals surface area contributed by atoms with Crippen molar-refractivity contribution >= 4 is 34.7 Å². The number of aliphatic hydroxyl groups excluding tert-OH is 1. The van der Waals surface area contributed by atoms with Gasteiger partial charge in [0.2, 0.25) is 0 Å². The summed E-state index contributed by atoms with van der Waals surface area (Å²) in [6, 6.07) is 17.3. The van der Waals surface area contributed by atoms with Crippen molar-refractivity contribution < 1.29 is 24.5 Å². The van der Waals surface area contributed by atoms with Crippen LogP contribution in [0.15, 0.2) is 72.3 Å². The van der Waals surface area contributed by atoms with Crippen LogP contribution in [0.2, 0.25) is 5.02 Å². The Balaban J connectivity index is 1.96. The molecule has 2 N–H and O–H groups in total. The molecule has 7 heteroatoms. The van der Waals surface area contributed by atoms with Crippen LogP contribution in [0.5, 0.6) is 11.5 Å². The summed E-state index contributed by atoms with van der Waals surface area (Å²) in [7, 11) is 0. The number of halogens is 1. The number of ether oxygens (including phenoxy) is 1. The van der Waals surface area contributed by atoms with E-state index in [0.29, 0.717) is 22.9 Å². The number of aliphatic hydroxyl groups is 1. The number of aryl methyl sites for hydroxylation is 1. The maximum absolute atomic E-state index is 13.2. The molecule has 0 spiro atoms. The van der Waals surface area contributed by atoms with E-state index in [1.54, 1.807) is 43.3 Å². The number of carbonyl (C=O) groups is 2. The highest BCUT2D eigenvalue weighted by Gasteiger charge is 2.47. The summed E-state index contributed by atoms with van der Waals surface area (Å²) >= 11 is 6.17. The Bertz CT molecular complexity index is 1280. The third kappa shape index (κ3) is 4.05. The van der Waals surface area contributed by atoms with E-state index >= 15 is 0 Å². The van der Waals surface area contributed by atoms with Crippen LogP contribution in [0.25, 0.3) is 5.76 Å². The van der Waals surface area contributed by atoms with Gasteiger partial charge in [0.1, 0.15) is 17.3 Å². The number of amides is 1. The molecule has 33 heavy (non-hydrogen) atoms. The predicted molar refractivity (Wildman–Crippen MR) is 127 cm³/mol. The number of ketones is 1. The lowest BCUT2D eigenvalue weighted by Crippen LogP contribution is -2.29. The van der Waals surface area contributed by atoms with Crippen molar-refractivity contribution in [3.8, 4) is 11.5 Å². The smallest absolute Gasteiger partial charge is 0.300 e. The maximum Gasteiger partial charge on any atom is 0.300 e. The summed E-state index contributed by atoms with van der Waals surface area (Å²) in [5.41, 5.74) is 1.92. The topological polar surface area (TPSA) is 87.1 Å². The molecule has 0 radical (unpaired) electrons. The molecule has 168 valence electrons. The van der Waals surface area contributed by atoms with Crippen LogP contribution >= 0.6 is 11.6 Å². The second-order valence-electron chi connectivity index (χ2n) is 7.65. The minimum atomic E-state index is -0.940. The van der Waals surface area contributed by atoms with Gasteiger partial charge in [0.25, 0.3) is 11.7 Å². The average Bonchev–Trinajstić information content (AvgIpc) is 3.06. The monoisotopic (exact) mass is 463 g/mol. The summed E-state index contributed by atoms with van der Waals surface area (Å²) < 4.78 is 5.51. The number of benzene rings is 3. The molecule has 1 atom stereocenters. The van der Waals surface area contributed by atoms with E-state index in [9.17, 15) is 19.8 Å². The molecule has 3 aromatic carbocycles. The summed E-state index contributed by atoms with van der Waals surface area (Å²) in [4.78, 5) is 27.6. The number of rotatable bonds is 5. The second-order valence-corrected chi connectivity index (χ2v) is 8.06. The maximum atomic E-state index is 13.2. The van der Waals surface area contributed by atoms with Gasteiger partial charge < -0.3 is 14.9 Å². The van der Waals surface area contributed by atoms with Crippen molar-refractivity contribution in [2.24, 2.45) is 0 Å². The highest BCUT2D eigenvalue weighted by Crippen LogP contribution is 2.45. The molecule has 1 fully saturated rings. The molecule has 1 heterocycles. The first kappa shape index (κ1) is 22.4. The molecule has 0 aromatic heterocycles. The summed E-state index contributed by atoms with van der Waals surface area (Å²) in [6.07, 6.45) is 0. The van der Waals surface area contributed by atoms with Crippen LogP contribution in [-0.2, 0) is 9.59 Å². The Labute approximate surface area is 196 Å². The van der Waals surface area contributed by atoms with E-state index in [0.717, 1.165) is 5.56 Å². The van der Waals surface area contributed by atoms with Crippen LogP contribution < -0.4 is 9.64 Å². The molecule has 1 unspecified atom stereocenters. The lowest BCUT2D eigenvalue weighted by Gasteiger charge is -2.26. The van der Waals surface area contributed by atoms with Gasteiger partial charge in [-0.25, -0.2) is 0 Å². The molecule has 6 nitrogen and oxygen atoms in total. The van der Waals surface area contributed by atoms with Gasteiger partial charge in [-0.1, -0.05) is 53.6 Å². The SMILES string of the molecule is CCOc1cc(/C(O)=C2/C(=O)C(=O)N(c3ccccc3O)C2c2cccc(C)c2)ccc1Cl. The second kappa shape index (κ2) is 9.00. The summed E-state index contributed by atoms with van der Waals surface area (Å²) in [5.74, 6) is -1.85. The van der Waals surface area contributed by atoms with E-state index in [1.165, 1.54) is 17.0 Å².